The van der Waals surface area contributed by atoms with Gasteiger partial charge >= 0.3 is 5.97 Å². The minimum absolute atomic E-state index is 0.306. The van der Waals surface area contributed by atoms with Gasteiger partial charge < -0.3 is 14.8 Å². The molecule has 3 unspecified atom stereocenters. The Hall–Kier alpha value is -1.92. The average Bonchev–Trinajstić information content (AvgIpc) is 2.98. The first-order valence-corrected chi connectivity index (χ1v) is 8.61. The van der Waals surface area contributed by atoms with Crippen molar-refractivity contribution in [3.63, 3.8) is 0 Å². The van der Waals surface area contributed by atoms with Crippen LogP contribution < -0.4 is 10.1 Å². The smallest absolute Gasteiger partial charge is 0.323 e. The van der Waals surface area contributed by atoms with Crippen molar-refractivity contribution in [2.75, 3.05) is 13.7 Å². The Bertz CT molecular complexity index is 875. The molecule has 4 rings (SSSR count). The zero-order chi connectivity index (χ0) is 17.8. The number of rotatable bonds is 1. The summed E-state index contributed by atoms with van der Waals surface area (Å²) in [6, 6.07) is 4.43. The quantitative estimate of drug-likeness (QED) is 0.622. The van der Waals surface area contributed by atoms with Crippen LogP contribution in [0.1, 0.15) is 29.5 Å². The standard InChI is InChI=1S/C18H18ClFN2O3/c1-9-16-14(10-4-3-5-12(20)15(10)22-9)11(19)6-18(25-16)7-13(21-8-18)17(23)24-2/h3-5,11,13,21H,6-8H2,1-2H3. The van der Waals surface area contributed by atoms with E-state index in [2.05, 4.69) is 10.3 Å². The molecular formula is C18H18ClFN2O3. The minimum atomic E-state index is -0.592. The molecule has 3 heterocycles. The number of esters is 1. The average molecular weight is 365 g/mol. The molecule has 1 spiro atoms. The van der Waals surface area contributed by atoms with Crippen LogP contribution in [0.5, 0.6) is 5.75 Å². The Balaban J connectivity index is 1.78. The molecule has 0 radical (unpaired) electrons. The van der Waals surface area contributed by atoms with Gasteiger partial charge in [-0.15, -0.1) is 11.6 Å². The van der Waals surface area contributed by atoms with Gasteiger partial charge in [0.15, 0.2) is 0 Å². The van der Waals surface area contributed by atoms with Crippen LogP contribution in [-0.2, 0) is 9.53 Å². The molecule has 1 N–H and O–H groups in total. The Morgan fingerprint density at radius 3 is 3.04 bits per heavy atom. The van der Waals surface area contributed by atoms with Gasteiger partial charge in [-0.1, -0.05) is 12.1 Å². The van der Waals surface area contributed by atoms with E-state index < -0.39 is 11.6 Å². The number of nitrogens with one attached hydrogen (secondary N) is 1. The van der Waals surface area contributed by atoms with E-state index in [0.29, 0.717) is 41.7 Å². The maximum Gasteiger partial charge on any atom is 0.323 e. The van der Waals surface area contributed by atoms with E-state index in [1.165, 1.54) is 13.2 Å². The Morgan fingerprint density at radius 1 is 1.48 bits per heavy atom. The third-order valence-electron chi connectivity index (χ3n) is 5.05. The van der Waals surface area contributed by atoms with Crippen molar-refractivity contribution >= 4 is 28.5 Å². The highest BCUT2D eigenvalue weighted by Crippen LogP contribution is 2.49. The molecule has 132 valence electrons. The monoisotopic (exact) mass is 364 g/mol. The number of aryl methyl sites for hydroxylation is 1. The molecule has 2 aromatic rings. The van der Waals surface area contributed by atoms with Crippen molar-refractivity contribution in [3.8, 4) is 5.75 Å². The Labute approximate surface area is 149 Å². The van der Waals surface area contributed by atoms with Gasteiger partial charge in [0.05, 0.1) is 18.2 Å². The molecule has 1 aromatic carbocycles. The van der Waals surface area contributed by atoms with Crippen molar-refractivity contribution < 1.29 is 18.7 Å². The van der Waals surface area contributed by atoms with Crippen LogP contribution in [0.2, 0.25) is 0 Å². The van der Waals surface area contributed by atoms with Crippen molar-refractivity contribution in [3.05, 3.63) is 35.3 Å². The molecule has 1 aromatic heterocycles. The molecule has 0 bridgehead atoms. The van der Waals surface area contributed by atoms with Gasteiger partial charge in [-0.05, 0) is 13.0 Å². The third-order valence-corrected chi connectivity index (χ3v) is 5.42. The molecular weight excluding hydrogens is 347 g/mol. The number of hydrogen-bond acceptors (Lipinski definition) is 5. The van der Waals surface area contributed by atoms with Gasteiger partial charge in [-0.2, -0.15) is 0 Å². The molecule has 7 heteroatoms. The maximum absolute atomic E-state index is 14.1. The zero-order valence-corrected chi connectivity index (χ0v) is 14.7. The summed E-state index contributed by atoms with van der Waals surface area (Å²) in [6.07, 6.45) is 1.00. The molecule has 3 atom stereocenters. The third kappa shape index (κ3) is 2.55. The molecule has 2 aliphatic heterocycles. The SMILES string of the molecule is COC(=O)C1CC2(CN1)CC(Cl)c1c(c(C)nc3c(F)cccc13)O2. The van der Waals surface area contributed by atoms with Gasteiger partial charge in [-0.25, -0.2) is 9.37 Å². The van der Waals surface area contributed by atoms with E-state index >= 15 is 0 Å². The molecule has 0 aliphatic carbocycles. The van der Waals surface area contributed by atoms with Crippen molar-refractivity contribution in [2.45, 2.75) is 36.8 Å². The molecule has 25 heavy (non-hydrogen) atoms. The number of fused-ring (bicyclic) bond motifs is 3. The second kappa shape index (κ2) is 5.81. The number of hydrogen-bond donors (Lipinski definition) is 1. The van der Waals surface area contributed by atoms with Crippen molar-refractivity contribution in [1.82, 2.24) is 10.3 Å². The van der Waals surface area contributed by atoms with Crippen molar-refractivity contribution in [1.29, 1.82) is 0 Å². The van der Waals surface area contributed by atoms with E-state index in [0.717, 1.165) is 5.56 Å². The van der Waals surface area contributed by atoms with Crippen LogP contribution in [0, 0.1) is 12.7 Å². The van der Waals surface area contributed by atoms with Gasteiger partial charge in [0, 0.05) is 30.3 Å². The number of nitrogens with zero attached hydrogens (tertiary/aromatic N) is 1. The van der Waals surface area contributed by atoms with Crippen LogP contribution in [0.4, 0.5) is 4.39 Å². The fourth-order valence-corrected chi connectivity index (χ4v) is 4.37. The van der Waals surface area contributed by atoms with E-state index in [-0.39, 0.29) is 17.2 Å². The van der Waals surface area contributed by atoms with Gasteiger partial charge in [0.1, 0.15) is 28.7 Å². The molecule has 2 aliphatic rings. The molecule has 0 saturated carbocycles. The summed E-state index contributed by atoms with van der Waals surface area (Å²) in [5.41, 5.74) is 1.08. The number of carbonyl (C=O) groups is 1. The van der Waals surface area contributed by atoms with E-state index in [9.17, 15) is 9.18 Å². The summed E-state index contributed by atoms with van der Waals surface area (Å²) in [6.45, 7) is 2.28. The number of alkyl halides is 1. The summed E-state index contributed by atoms with van der Waals surface area (Å²) in [5.74, 6) is -0.0923. The summed E-state index contributed by atoms with van der Waals surface area (Å²) in [4.78, 5) is 16.2. The van der Waals surface area contributed by atoms with Gasteiger partial charge in [0.2, 0.25) is 0 Å². The van der Waals surface area contributed by atoms with Gasteiger partial charge in [-0.3, -0.25) is 4.79 Å². The van der Waals surface area contributed by atoms with Gasteiger partial charge in [0.25, 0.3) is 0 Å². The fourth-order valence-electron chi connectivity index (χ4n) is 3.88. The predicted octanol–water partition coefficient (Wildman–Crippen LogP) is 3.02. The van der Waals surface area contributed by atoms with E-state index in [1.807, 2.05) is 6.07 Å². The highest BCUT2D eigenvalue weighted by molar-refractivity contribution is 6.22. The number of benzene rings is 1. The molecule has 0 amide bonds. The first-order valence-electron chi connectivity index (χ1n) is 8.17. The zero-order valence-electron chi connectivity index (χ0n) is 13.9. The lowest BCUT2D eigenvalue weighted by Crippen LogP contribution is -2.42. The lowest BCUT2D eigenvalue weighted by atomic mass is 9.87. The first-order chi connectivity index (χ1) is 11.9. The Morgan fingerprint density at radius 2 is 2.28 bits per heavy atom. The molecule has 5 nitrogen and oxygen atoms in total. The lowest BCUT2D eigenvalue weighted by Gasteiger charge is -2.38. The normalized spacial score (nSPS) is 28.0. The van der Waals surface area contributed by atoms with Crippen LogP contribution in [0.25, 0.3) is 10.9 Å². The molecule has 1 fully saturated rings. The van der Waals surface area contributed by atoms with Crippen LogP contribution in [0.3, 0.4) is 0 Å². The number of para-hydroxylation sites is 1. The van der Waals surface area contributed by atoms with E-state index in [4.69, 9.17) is 21.1 Å². The summed E-state index contributed by atoms with van der Waals surface area (Å²) in [7, 11) is 1.37. The summed E-state index contributed by atoms with van der Waals surface area (Å²) in [5, 5.41) is 3.46. The van der Waals surface area contributed by atoms with Crippen LogP contribution in [0.15, 0.2) is 18.2 Å². The summed E-state index contributed by atoms with van der Waals surface area (Å²) < 4.78 is 25.3. The number of aromatic nitrogens is 1. The van der Waals surface area contributed by atoms with Crippen LogP contribution >= 0.6 is 11.6 Å². The van der Waals surface area contributed by atoms with Crippen molar-refractivity contribution in [2.24, 2.45) is 0 Å². The van der Waals surface area contributed by atoms with E-state index in [1.54, 1.807) is 13.0 Å². The highest BCUT2D eigenvalue weighted by Gasteiger charge is 2.49. The number of methoxy groups -OCH3 is 1. The Kier molecular flexibility index (Phi) is 3.85. The first kappa shape index (κ1) is 16.5. The fraction of sp³-hybridized carbons (Fsp3) is 0.444. The predicted molar refractivity (Wildman–Crippen MR) is 91.4 cm³/mol. The topological polar surface area (TPSA) is 60.5 Å². The number of pyridine rings is 1. The minimum Gasteiger partial charge on any atom is -0.484 e. The maximum atomic E-state index is 14.1. The second-order valence-electron chi connectivity index (χ2n) is 6.69. The van der Waals surface area contributed by atoms with Crippen LogP contribution in [-0.4, -0.2) is 36.3 Å². The largest absolute Gasteiger partial charge is 0.484 e. The number of halogens is 2. The second-order valence-corrected chi connectivity index (χ2v) is 7.22. The number of carbonyl (C=O) groups excluding carboxylic acids is 1. The lowest BCUT2D eigenvalue weighted by molar-refractivity contribution is -0.143. The number of ether oxygens (including phenoxy) is 2. The highest BCUT2D eigenvalue weighted by atomic mass is 35.5. The molecule has 1 saturated heterocycles. The summed E-state index contributed by atoms with van der Waals surface area (Å²) >= 11 is 6.71.